The molecule has 4 heteroatoms. The quantitative estimate of drug-likeness (QED) is 0.486. The van der Waals surface area contributed by atoms with E-state index < -0.39 is 0 Å². The topological polar surface area (TPSA) is 9.23 Å². The molecule has 0 aliphatic heterocycles. The van der Waals surface area contributed by atoms with Crippen molar-refractivity contribution in [1.82, 2.24) is 0 Å². The number of hydrogen-bond acceptors (Lipinski definition) is 3. The molecule has 1 nitrogen and oxygen atoms in total. The van der Waals surface area contributed by atoms with Crippen molar-refractivity contribution in [2.45, 2.75) is 19.5 Å². The van der Waals surface area contributed by atoms with Gasteiger partial charge in [0.05, 0.1) is 12.3 Å². The van der Waals surface area contributed by atoms with E-state index in [0.29, 0.717) is 11.7 Å². The van der Waals surface area contributed by atoms with E-state index in [2.05, 4.69) is 0 Å². The van der Waals surface area contributed by atoms with Gasteiger partial charge in [-0.1, -0.05) is 11.8 Å². The van der Waals surface area contributed by atoms with Crippen molar-refractivity contribution in [3.63, 3.8) is 0 Å². The molecule has 0 saturated carbocycles. The van der Waals surface area contributed by atoms with Crippen LogP contribution in [-0.4, -0.2) is 17.3 Å². The van der Waals surface area contributed by atoms with Crippen molar-refractivity contribution < 1.29 is 4.74 Å². The van der Waals surface area contributed by atoms with Gasteiger partial charge in [0.2, 0.25) is 0 Å². The van der Waals surface area contributed by atoms with Gasteiger partial charge in [-0.25, -0.2) is 0 Å². The molecule has 1 atom stereocenters. The molecule has 0 aromatic heterocycles. The highest BCUT2D eigenvalue weighted by Crippen LogP contribution is 2.08. The summed E-state index contributed by atoms with van der Waals surface area (Å²) in [7, 11) is 0.864. The third-order valence-electron chi connectivity index (χ3n) is 0.786. The Bertz CT molecular complexity index is 116. The molecular formula is C5H9OPS2. The Balaban J connectivity index is 3.58. The molecule has 52 valence electrons. The Morgan fingerprint density at radius 2 is 2.33 bits per heavy atom. The van der Waals surface area contributed by atoms with Crippen LogP contribution in [0.5, 0.6) is 0 Å². The number of rotatable bonds is 3. The third kappa shape index (κ3) is 3.90. The zero-order chi connectivity index (χ0) is 7.28. The normalized spacial score (nSPS) is 13.1. The van der Waals surface area contributed by atoms with Gasteiger partial charge >= 0.3 is 0 Å². The van der Waals surface area contributed by atoms with Crippen LogP contribution in [0.4, 0.5) is 0 Å². The molecule has 0 fully saturated rings. The van der Waals surface area contributed by atoms with Gasteiger partial charge in [-0.2, -0.15) is 0 Å². The standard InChI is InChI=1S/C5H9OPS2/c1-3-6-5(8)4(2)7-9/h4H,3H2,1-2H3. The van der Waals surface area contributed by atoms with E-state index in [1.54, 1.807) is 0 Å². The highest BCUT2D eigenvalue weighted by molar-refractivity contribution is 7.97. The first kappa shape index (κ1) is 9.41. The predicted molar refractivity (Wildman–Crippen MR) is 48.0 cm³/mol. The minimum Gasteiger partial charge on any atom is -0.486 e. The summed E-state index contributed by atoms with van der Waals surface area (Å²) in [5, 5.41) is 0.633. The average molecular weight is 180 g/mol. The van der Waals surface area contributed by atoms with E-state index in [4.69, 9.17) is 28.8 Å². The Hall–Kier alpha value is 0.410. The molecule has 9 heavy (non-hydrogen) atoms. The summed E-state index contributed by atoms with van der Waals surface area (Å²) < 4.78 is 5.05. The van der Waals surface area contributed by atoms with Crippen LogP contribution in [0.25, 0.3) is 0 Å². The largest absolute Gasteiger partial charge is 0.486 e. The zero-order valence-electron chi connectivity index (χ0n) is 5.46. The first-order valence-corrected chi connectivity index (χ1v) is 5.10. The van der Waals surface area contributed by atoms with Gasteiger partial charge in [-0.15, -0.1) is 0 Å². The van der Waals surface area contributed by atoms with Gasteiger partial charge in [0.15, 0.2) is 5.05 Å². The summed E-state index contributed by atoms with van der Waals surface area (Å²) in [5.74, 6) is 0. The Kier molecular flexibility index (Phi) is 5.45. The lowest BCUT2D eigenvalue weighted by Gasteiger charge is -2.05. The second-order valence-corrected chi connectivity index (χ2v) is 3.55. The third-order valence-corrected chi connectivity index (χ3v) is 2.93. The van der Waals surface area contributed by atoms with Gasteiger partial charge in [0, 0.05) is 0 Å². The highest BCUT2D eigenvalue weighted by atomic mass is 32.4. The van der Waals surface area contributed by atoms with E-state index in [1.807, 2.05) is 13.8 Å². The molecular weight excluding hydrogens is 171 g/mol. The molecule has 1 unspecified atom stereocenters. The minimum absolute atomic E-state index is 0.218. The van der Waals surface area contributed by atoms with Gasteiger partial charge in [0.1, 0.15) is 0 Å². The number of ether oxygens (including phenoxy) is 1. The molecule has 0 spiro atoms. The van der Waals surface area contributed by atoms with Crippen molar-refractivity contribution in [3.8, 4) is 0 Å². The molecule has 0 radical (unpaired) electrons. The average Bonchev–Trinajstić information content (AvgIpc) is 1.87. The predicted octanol–water partition coefficient (Wildman–Crippen LogP) is 2.15. The second-order valence-electron chi connectivity index (χ2n) is 1.53. The van der Waals surface area contributed by atoms with E-state index >= 15 is 0 Å². The van der Waals surface area contributed by atoms with Gasteiger partial charge in [-0.05, 0) is 33.4 Å². The molecule has 0 heterocycles. The molecule has 0 aromatic carbocycles. The van der Waals surface area contributed by atoms with Crippen LogP contribution in [0.2, 0.25) is 0 Å². The van der Waals surface area contributed by atoms with Crippen LogP contribution in [-0.2, 0) is 16.5 Å². The van der Waals surface area contributed by atoms with Crippen molar-refractivity contribution >= 4 is 36.4 Å². The zero-order valence-corrected chi connectivity index (χ0v) is 7.98. The monoisotopic (exact) mass is 180 g/mol. The molecule has 0 aromatic rings. The van der Waals surface area contributed by atoms with Gasteiger partial charge < -0.3 is 4.74 Å². The van der Waals surface area contributed by atoms with E-state index in [-0.39, 0.29) is 5.66 Å². The molecule has 0 aliphatic carbocycles. The Morgan fingerprint density at radius 1 is 1.78 bits per heavy atom. The van der Waals surface area contributed by atoms with Crippen molar-refractivity contribution in [2.75, 3.05) is 6.61 Å². The van der Waals surface area contributed by atoms with Crippen molar-refractivity contribution in [3.05, 3.63) is 0 Å². The highest BCUT2D eigenvalue weighted by Gasteiger charge is 2.04. The van der Waals surface area contributed by atoms with Crippen LogP contribution in [0.3, 0.4) is 0 Å². The fraction of sp³-hybridized carbons (Fsp3) is 0.800. The fourth-order valence-corrected chi connectivity index (χ4v) is 1.23. The lowest BCUT2D eigenvalue weighted by Crippen LogP contribution is -2.11. The first-order valence-electron chi connectivity index (χ1n) is 2.71. The first-order chi connectivity index (χ1) is 4.22. The maximum Gasteiger partial charge on any atom is 0.171 e. The lowest BCUT2D eigenvalue weighted by atomic mass is 10.5. The van der Waals surface area contributed by atoms with Crippen molar-refractivity contribution in [2.24, 2.45) is 0 Å². The fourth-order valence-electron chi connectivity index (χ4n) is 0.306. The smallest absolute Gasteiger partial charge is 0.171 e. The molecule has 0 amide bonds. The molecule has 0 bridgehead atoms. The Morgan fingerprint density at radius 3 is 2.67 bits per heavy atom. The summed E-state index contributed by atoms with van der Waals surface area (Å²) in [6.07, 6.45) is 0. The molecule has 0 N–H and O–H groups in total. The minimum atomic E-state index is 0.218. The number of hydrogen-bond donors (Lipinski definition) is 0. The van der Waals surface area contributed by atoms with Crippen LogP contribution in [0.15, 0.2) is 0 Å². The van der Waals surface area contributed by atoms with E-state index in [1.165, 1.54) is 0 Å². The summed E-state index contributed by atoms with van der Waals surface area (Å²) in [5.41, 5.74) is 0.218. The maximum atomic E-state index is 5.05. The maximum absolute atomic E-state index is 5.05. The molecule has 0 rings (SSSR count). The van der Waals surface area contributed by atoms with Crippen LogP contribution >= 0.6 is 19.6 Å². The van der Waals surface area contributed by atoms with Crippen LogP contribution < -0.4 is 0 Å². The van der Waals surface area contributed by atoms with E-state index in [9.17, 15) is 0 Å². The van der Waals surface area contributed by atoms with Crippen LogP contribution in [0, 0.1) is 0 Å². The summed E-state index contributed by atoms with van der Waals surface area (Å²) in [6.45, 7) is 4.53. The molecule has 0 saturated heterocycles. The SMILES string of the molecule is CCOC(=S)C(C)P=S. The van der Waals surface area contributed by atoms with E-state index in [0.717, 1.165) is 7.36 Å². The van der Waals surface area contributed by atoms with Gasteiger partial charge in [-0.3, -0.25) is 0 Å². The van der Waals surface area contributed by atoms with Crippen molar-refractivity contribution in [1.29, 1.82) is 0 Å². The summed E-state index contributed by atoms with van der Waals surface area (Å²) >= 11 is 9.65. The van der Waals surface area contributed by atoms with Gasteiger partial charge in [0.25, 0.3) is 0 Å². The van der Waals surface area contributed by atoms with Crippen LogP contribution in [0.1, 0.15) is 13.8 Å². The second kappa shape index (κ2) is 5.21. The molecule has 0 aliphatic rings. The lowest BCUT2D eigenvalue weighted by molar-refractivity contribution is 0.329. The number of thiocarbonyl (C=S) groups is 1. The summed E-state index contributed by atoms with van der Waals surface area (Å²) in [6, 6.07) is 0. The summed E-state index contributed by atoms with van der Waals surface area (Å²) in [4.78, 5) is 0. The Labute approximate surface area is 67.6 Å².